The van der Waals surface area contributed by atoms with Crippen molar-refractivity contribution >= 4 is 17.6 Å². The van der Waals surface area contributed by atoms with Gasteiger partial charge in [-0.3, -0.25) is 15.1 Å². The number of benzene rings is 3. The molecule has 3 N–H and O–H groups in total. The summed E-state index contributed by atoms with van der Waals surface area (Å²) in [5.74, 6) is -0.347. The molecule has 0 aliphatic heterocycles. The normalized spacial score (nSPS) is 11.4. The SMILES string of the molecule is Cc1c(COc2cc(OCc3cccc(C#N)c3)c(CN[C@H](CO)C(=O)O)cc2Cl)cccc1-c1cccnc1. The molecule has 0 saturated carbocycles. The predicted molar refractivity (Wildman–Crippen MR) is 151 cm³/mol. The fourth-order valence-electron chi connectivity index (χ4n) is 4.14. The number of halogens is 1. The standard InChI is InChI=1S/C31H28ClN3O5/c1-20-24(7-3-9-26(20)23-8-4-10-34-15-23)19-40-30-13-29(39-18-22-6-2-5-21(11-22)14-33)25(12-27(30)32)16-35-28(17-36)31(37)38/h2-13,15,28,35-36H,16-19H2,1H3,(H,37,38)/t28-/m1/s1. The molecular formula is C31H28ClN3O5. The largest absolute Gasteiger partial charge is 0.488 e. The first-order chi connectivity index (χ1) is 19.4. The van der Waals surface area contributed by atoms with Gasteiger partial charge in [0.2, 0.25) is 0 Å². The minimum atomic E-state index is -1.17. The highest BCUT2D eigenvalue weighted by Crippen LogP contribution is 2.35. The van der Waals surface area contributed by atoms with Gasteiger partial charge in [0, 0.05) is 36.1 Å². The summed E-state index contributed by atoms with van der Waals surface area (Å²) in [4.78, 5) is 15.6. The Balaban J connectivity index is 1.58. The van der Waals surface area contributed by atoms with Crippen LogP contribution in [-0.2, 0) is 24.6 Å². The highest BCUT2D eigenvalue weighted by atomic mass is 35.5. The number of nitrogens with zero attached hydrogens (tertiary/aromatic N) is 2. The third-order valence-electron chi connectivity index (χ3n) is 6.39. The minimum Gasteiger partial charge on any atom is -0.488 e. The van der Waals surface area contributed by atoms with E-state index in [1.807, 2.05) is 49.5 Å². The molecule has 1 aromatic heterocycles. The number of carbonyl (C=O) groups is 1. The number of nitrogens with one attached hydrogen (secondary N) is 1. The van der Waals surface area contributed by atoms with Crippen molar-refractivity contribution in [3.05, 3.63) is 112 Å². The van der Waals surface area contributed by atoms with Gasteiger partial charge in [0.1, 0.15) is 30.8 Å². The lowest BCUT2D eigenvalue weighted by Crippen LogP contribution is -2.39. The van der Waals surface area contributed by atoms with Crippen LogP contribution in [0.1, 0.15) is 27.8 Å². The molecule has 40 heavy (non-hydrogen) atoms. The molecule has 0 saturated heterocycles. The molecule has 4 aromatic rings. The maximum atomic E-state index is 11.4. The van der Waals surface area contributed by atoms with Crippen molar-refractivity contribution in [2.45, 2.75) is 32.7 Å². The second kappa shape index (κ2) is 13.6. The molecule has 0 aliphatic rings. The lowest BCUT2D eigenvalue weighted by atomic mass is 9.98. The summed E-state index contributed by atoms with van der Waals surface area (Å²) in [5, 5.41) is 31.0. The zero-order chi connectivity index (χ0) is 28.5. The highest BCUT2D eigenvalue weighted by molar-refractivity contribution is 6.32. The summed E-state index contributed by atoms with van der Waals surface area (Å²) >= 11 is 6.58. The maximum Gasteiger partial charge on any atom is 0.323 e. The fraction of sp³-hybridized carbons (Fsp3) is 0.194. The number of hydrogen-bond donors (Lipinski definition) is 3. The van der Waals surface area contributed by atoms with Gasteiger partial charge in [-0.05, 0) is 53.4 Å². The molecule has 0 bridgehead atoms. The maximum absolute atomic E-state index is 11.4. The first kappa shape index (κ1) is 28.6. The minimum absolute atomic E-state index is 0.0807. The van der Waals surface area contributed by atoms with E-state index >= 15 is 0 Å². The topological polar surface area (TPSA) is 125 Å². The molecule has 4 rings (SSSR count). The molecule has 0 amide bonds. The molecular weight excluding hydrogens is 530 g/mol. The summed E-state index contributed by atoms with van der Waals surface area (Å²) in [6.07, 6.45) is 3.55. The van der Waals surface area contributed by atoms with E-state index in [1.54, 1.807) is 36.5 Å². The van der Waals surface area contributed by atoms with Gasteiger partial charge in [0.15, 0.2) is 0 Å². The Morgan fingerprint density at radius 3 is 2.58 bits per heavy atom. The van der Waals surface area contributed by atoms with E-state index < -0.39 is 18.6 Å². The van der Waals surface area contributed by atoms with Gasteiger partial charge in [-0.15, -0.1) is 0 Å². The van der Waals surface area contributed by atoms with Crippen LogP contribution in [0.4, 0.5) is 0 Å². The van der Waals surface area contributed by atoms with Gasteiger partial charge >= 0.3 is 5.97 Å². The summed E-state index contributed by atoms with van der Waals surface area (Å²) in [5.41, 5.74) is 5.99. The number of rotatable bonds is 12. The van der Waals surface area contributed by atoms with Crippen LogP contribution in [-0.4, -0.2) is 33.8 Å². The molecule has 204 valence electrons. The Bertz CT molecular complexity index is 1520. The van der Waals surface area contributed by atoms with E-state index in [9.17, 15) is 20.3 Å². The van der Waals surface area contributed by atoms with E-state index in [1.165, 1.54) is 0 Å². The quantitative estimate of drug-likeness (QED) is 0.215. The van der Waals surface area contributed by atoms with Crippen molar-refractivity contribution in [2.24, 2.45) is 0 Å². The van der Waals surface area contributed by atoms with Gasteiger partial charge in [-0.2, -0.15) is 5.26 Å². The van der Waals surface area contributed by atoms with Crippen molar-refractivity contribution in [3.8, 4) is 28.7 Å². The van der Waals surface area contributed by atoms with Gasteiger partial charge < -0.3 is 19.7 Å². The van der Waals surface area contributed by atoms with E-state index in [2.05, 4.69) is 16.4 Å². The Hall–Kier alpha value is -4.42. The van der Waals surface area contributed by atoms with E-state index in [0.717, 1.165) is 27.8 Å². The Morgan fingerprint density at radius 1 is 1.05 bits per heavy atom. The van der Waals surface area contributed by atoms with Gasteiger partial charge in [-0.25, -0.2) is 0 Å². The number of ether oxygens (including phenoxy) is 2. The van der Waals surface area contributed by atoms with Gasteiger partial charge in [-0.1, -0.05) is 48.0 Å². The van der Waals surface area contributed by atoms with Crippen molar-refractivity contribution in [2.75, 3.05) is 6.61 Å². The second-order valence-corrected chi connectivity index (χ2v) is 9.47. The first-order valence-corrected chi connectivity index (χ1v) is 12.9. The monoisotopic (exact) mass is 557 g/mol. The van der Waals surface area contributed by atoms with Gasteiger partial charge in [0.25, 0.3) is 0 Å². The third-order valence-corrected chi connectivity index (χ3v) is 6.68. The number of aromatic nitrogens is 1. The number of carboxylic acids is 1. The van der Waals surface area contributed by atoms with Crippen LogP contribution in [0, 0.1) is 18.3 Å². The second-order valence-electron chi connectivity index (χ2n) is 9.07. The zero-order valence-corrected chi connectivity index (χ0v) is 22.6. The zero-order valence-electron chi connectivity index (χ0n) is 21.8. The molecule has 0 unspecified atom stereocenters. The van der Waals surface area contributed by atoms with Crippen LogP contribution in [0.25, 0.3) is 11.1 Å². The van der Waals surface area contributed by atoms with E-state index in [4.69, 9.17) is 21.1 Å². The van der Waals surface area contributed by atoms with E-state index in [0.29, 0.717) is 27.6 Å². The summed E-state index contributed by atoms with van der Waals surface area (Å²) in [6, 6.07) is 21.2. The average Bonchev–Trinajstić information content (AvgIpc) is 2.97. The molecule has 3 aromatic carbocycles. The molecule has 1 heterocycles. The summed E-state index contributed by atoms with van der Waals surface area (Å²) in [7, 11) is 0. The summed E-state index contributed by atoms with van der Waals surface area (Å²) in [6.45, 7) is 1.96. The number of hydrogen-bond acceptors (Lipinski definition) is 7. The lowest BCUT2D eigenvalue weighted by Gasteiger charge is -2.18. The molecule has 0 radical (unpaired) electrons. The van der Waals surface area contributed by atoms with Crippen LogP contribution in [0.3, 0.4) is 0 Å². The fourth-order valence-corrected chi connectivity index (χ4v) is 4.38. The average molecular weight is 558 g/mol. The molecule has 1 atom stereocenters. The Morgan fingerprint density at radius 2 is 1.85 bits per heavy atom. The third kappa shape index (κ3) is 7.16. The number of carboxylic acid groups (broad SMARTS) is 1. The first-order valence-electron chi connectivity index (χ1n) is 12.5. The van der Waals surface area contributed by atoms with Crippen LogP contribution in [0.15, 0.2) is 79.1 Å². The highest BCUT2D eigenvalue weighted by Gasteiger charge is 2.18. The number of aliphatic hydroxyl groups is 1. The summed E-state index contributed by atoms with van der Waals surface area (Å²) < 4.78 is 12.2. The molecule has 0 spiro atoms. The van der Waals surface area contributed by atoms with Crippen molar-refractivity contribution in [1.82, 2.24) is 10.3 Å². The van der Waals surface area contributed by atoms with Crippen molar-refractivity contribution < 1.29 is 24.5 Å². The lowest BCUT2D eigenvalue weighted by molar-refractivity contribution is -0.140. The van der Waals surface area contributed by atoms with Crippen molar-refractivity contribution in [3.63, 3.8) is 0 Å². The number of aliphatic hydroxyl groups excluding tert-OH is 1. The van der Waals surface area contributed by atoms with Crippen LogP contribution < -0.4 is 14.8 Å². The van der Waals surface area contributed by atoms with E-state index in [-0.39, 0.29) is 19.8 Å². The number of nitriles is 1. The molecule has 0 aliphatic carbocycles. The van der Waals surface area contributed by atoms with Crippen LogP contribution >= 0.6 is 11.6 Å². The Kier molecular flexibility index (Phi) is 9.71. The number of pyridine rings is 1. The predicted octanol–water partition coefficient (Wildman–Crippen LogP) is 5.28. The number of aliphatic carboxylic acids is 1. The van der Waals surface area contributed by atoms with Crippen LogP contribution in [0.5, 0.6) is 11.5 Å². The molecule has 8 nitrogen and oxygen atoms in total. The Labute approximate surface area is 237 Å². The van der Waals surface area contributed by atoms with Crippen LogP contribution in [0.2, 0.25) is 5.02 Å². The van der Waals surface area contributed by atoms with Gasteiger partial charge in [0.05, 0.1) is 23.3 Å². The molecule has 9 heteroatoms. The molecule has 0 fully saturated rings. The van der Waals surface area contributed by atoms with Crippen molar-refractivity contribution in [1.29, 1.82) is 5.26 Å². The smallest absolute Gasteiger partial charge is 0.323 e.